The number of aliphatic hydroxyl groups is 1. The average molecular weight is 462 g/mol. The predicted molar refractivity (Wildman–Crippen MR) is 121 cm³/mol. The van der Waals surface area contributed by atoms with E-state index in [2.05, 4.69) is 22.5 Å². The van der Waals surface area contributed by atoms with Gasteiger partial charge in [-0.15, -0.1) is 6.58 Å². The molecule has 4 rings (SSSR count). The van der Waals surface area contributed by atoms with Gasteiger partial charge in [-0.2, -0.15) is 0 Å². The maximum atomic E-state index is 13.1. The van der Waals surface area contributed by atoms with Gasteiger partial charge in [-0.1, -0.05) is 76.6 Å². The molecule has 1 amide bonds. The number of fused-ring (bicyclic) bond motifs is 1. The van der Waals surface area contributed by atoms with Crippen molar-refractivity contribution in [1.82, 2.24) is 0 Å². The number of amides is 1. The Morgan fingerprint density at radius 2 is 1.70 bits per heavy atom. The van der Waals surface area contributed by atoms with Gasteiger partial charge in [0.1, 0.15) is 0 Å². The Balaban J connectivity index is 1.63. The smallest absolute Gasteiger partial charge is 0.264 e. The Labute approximate surface area is 183 Å². The summed E-state index contributed by atoms with van der Waals surface area (Å²) >= 11 is 3.39. The molecule has 5 heteroatoms. The van der Waals surface area contributed by atoms with E-state index in [1.807, 2.05) is 42.5 Å². The summed E-state index contributed by atoms with van der Waals surface area (Å²) in [6.45, 7) is 3.95. The lowest BCUT2D eigenvalue weighted by Gasteiger charge is -2.22. The van der Waals surface area contributed by atoms with E-state index in [9.17, 15) is 14.7 Å². The van der Waals surface area contributed by atoms with Gasteiger partial charge in [0.15, 0.2) is 11.4 Å². The van der Waals surface area contributed by atoms with Crippen molar-refractivity contribution in [3.05, 3.63) is 101 Å². The van der Waals surface area contributed by atoms with E-state index in [0.29, 0.717) is 16.8 Å². The van der Waals surface area contributed by atoms with Gasteiger partial charge in [-0.3, -0.25) is 9.59 Å². The summed E-state index contributed by atoms with van der Waals surface area (Å²) < 4.78 is 0.729. The molecule has 3 aromatic rings. The molecule has 0 saturated carbocycles. The summed E-state index contributed by atoms with van der Waals surface area (Å²) in [5, 5.41) is 11.3. The zero-order valence-corrected chi connectivity index (χ0v) is 17.8. The SMILES string of the molecule is C=CCN1C(=O)[C@@](O)(CC(=O)c2ccc(-c3ccccc3)cc2)c2cc(Br)ccc21. The zero-order chi connectivity index (χ0) is 21.3. The fraction of sp³-hybridized carbons (Fsp3) is 0.120. The molecule has 1 aliphatic rings. The standard InChI is InChI=1S/C25H20BrNO3/c1-2-14-27-22-13-12-20(26)15-21(22)25(30,24(27)29)16-23(28)19-10-8-18(9-11-19)17-6-4-3-5-7-17/h2-13,15,30H,1,14,16H2/t25-/m1/s1. The van der Waals surface area contributed by atoms with Crippen molar-refractivity contribution in [2.45, 2.75) is 12.0 Å². The van der Waals surface area contributed by atoms with Crippen LogP contribution in [0.25, 0.3) is 11.1 Å². The number of hydrogen-bond donors (Lipinski definition) is 1. The molecule has 0 bridgehead atoms. The van der Waals surface area contributed by atoms with Crippen molar-refractivity contribution in [2.75, 3.05) is 11.4 Å². The number of anilines is 1. The van der Waals surface area contributed by atoms with Gasteiger partial charge in [0.25, 0.3) is 5.91 Å². The third-order valence-corrected chi connectivity index (χ3v) is 5.83. The monoisotopic (exact) mass is 461 g/mol. The van der Waals surface area contributed by atoms with Crippen LogP contribution >= 0.6 is 15.9 Å². The number of rotatable bonds is 6. The zero-order valence-electron chi connectivity index (χ0n) is 16.2. The molecule has 30 heavy (non-hydrogen) atoms. The van der Waals surface area contributed by atoms with Gasteiger partial charge in [-0.25, -0.2) is 0 Å². The Hall–Kier alpha value is -3.02. The lowest BCUT2D eigenvalue weighted by atomic mass is 9.88. The number of ketones is 1. The van der Waals surface area contributed by atoms with Crippen LogP contribution in [0.4, 0.5) is 5.69 Å². The molecule has 0 unspecified atom stereocenters. The highest BCUT2D eigenvalue weighted by Crippen LogP contribution is 2.44. The van der Waals surface area contributed by atoms with Crippen LogP contribution in [0.2, 0.25) is 0 Å². The predicted octanol–water partition coefficient (Wildman–Crippen LogP) is 5.11. The van der Waals surface area contributed by atoms with Crippen LogP contribution in [-0.2, 0) is 10.4 Å². The van der Waals surface area contributed by atoms with E-state index in [1.54, 1.807) is 36.4 Å². The molecule has 1 heterocycles. The summed E-state index contributed by atoms with van der Waals surface area (Å²) in [5.41, 5.74) is 1.62. The van der Waals surface area contributed by atoms with Gasteiger partial charge in [-0.05, 0) is 29.3 Å². The fourth-order valence-electron chi connectivity index (χ4n) is 3.82. The number of benzene rings is 3. The molecular formula is C25H20BrNO3. The van der Waals surface area contributed by atoms with Crippen LogP contribution in [0.5, 0.6) is 0 Å². The molecular weight excluding hydrogens is 442 g/mol. The maximum Gasteiger partial charge on any atom is 0.264 e. The van der Waals surface area contributed by atoms with Gasteiger partial charge < -0.3 is 10.0 Å². The van der Waals surface area contributed by atoms with Crippen LogP contribution in [0.3, 0.4) is 0 Å². The van der Waals surface area contributed by atoms with Gasteiger partial charge in [0.2, 0.25) is 0 Å². The Morgan fingerprint density at radius 3 is 2.37 bits per heavy atom. The molecule has 0 spiro atoms. The van der Waals surface area contributed by atoms with Crippen LogP contribution in [-0.4, -0.2) is 23.3 Å². The van der Waals surface area contributed by atoms with E-state index >= 15 is 0 Å². The molecule has 0 aromatic heterocycles. The normalized spacial score (nSPS) is 17.7. The largest absolute Gasteiger partial charge is 0.375 e. The molecule has 3 aromatic carbocycles. The lowest BCUT2D eigenvalue weighted by Crippen LogP contribution is -2.41. The van der Waals surface area contributed by atoms with E-state index in [4.69, 9.17) is 0 Å². The van der Waals surface area contributed by atoms with Gasteiger partial charge in [0, 0.05) is 22.1 Å². The maximum absolute atomic E-state index is 13.1. The third kappa shape index (κ3) is 3.51. The number of carbonyl (C=O) groups is 2. The van der Waals surface area contributed by atoms with Crippen LogP contribution < -0.4 is 4.90 Å². The van der Waals surface area contributed by atoms with E-state index < -0.39 is 11.5 Å². The summed E-state index contributed by atoms with van der Waals surface area (Å²) in [6, 6.07) is 22.3. The topological polar surface area (TPSA) is 57.6 Å². The number of nitrogens with zero attached hydrogens (tertiary/aromatic N) is 1. The number of halogens is 1. The quantitative estimate of drug-likeness (QED) is 0.409. The highest BCUT2D eigenvalue weighted by atomic mass is 79.9. The van der Waals surface area contributed by atoms with Crippen molar-refractivity contribution in [1.29, 1.82) is 0 Å². The highest BCUT2D eigenvalue weighted by Gasteiger charge is 2.50. The van der Waals surface area contributed by atoms with E-state index in [1.165, 1.54) is 4.90 Å². The summed E-state index contributed by atoms with van der Waals surface area (Å²) in [6.07, 6.45) is 1.27. The number of carbonyl (C=O) groups excluding carboxylic acids is 2. The van der Waals surface area contributed by atoms with Crippen molar-refractivity contribution < 1.29 is 14.7 Å². The molecule has 1 N–H and O–H groups in total. The first kappa shape index (κ1) is 20.3. The first-order valence-electron chi connectivity index (χ1n) is 9.58. The number of Topliss-reactive ketones (excluding diaryl/α,β-unsaturated/α-hetero) is 1. The minimum absolute atomic E-state index is 0.260. The Kier molecular flexibility index (Phi) is 5.41. The highest BCUT2D eigenvalue weighted by molar-refractivity contribution is 9.10. The van der Waals surface area contributed by atoms with Crippen LogP contribution in [0, 0.1) is 0 Å². The summed E-state index contributed by atoms with van der Waals surface area (Å²) in [7, 11) is 0. The molecule has 0 radical (unpaired) electrons. The second kappa shape index (κ2) is 8.01. The molecule has 0 saturated heterocycles. The van der Waals surface area contributed by atoms with Crippen molar-refractivity contribution in [3.63, 3.8) is 0 Å². The third-order valence-electron chi connectivity index (χ3n) is 5.34. The van der Waals surface area contributed by atoms with Crippen LogP contribution in [0.1, 0.15) is 22.3 Å². The fourth-order valence-corrected chi connectivity index (χ4v) is 4.18. The number of hydrogen-bond acceptors (Lipinski definition) is 3. The first-order chi connectivity index (χ1) is 14.4. The average Bonchev–Trinajstić information content (AvgIpc) is 2.96. The Morgan fingerprint density at radius 1 is 1.03 bits per heavy atom. The molecule has 4 nitrogen and oxygen atoms in total. The molecule has 0 fully saturated rings. The molecule has 0 aliphatic carbocycles. The van der Waals surface area contributed by atoms with Crippen LogP contribution in [0.15, 0.2) is 89.9 Å². The van der Waals surface area contributed by atoms with Gasteiger partial charge in [0.05, 0.1) is 12.1 Å². The van der Waals surface area contributed by atoms with E-state index in [-0.39, 0.29) is 18.7 Å². The van der Waals surface area contributed by atoms with Crippen molar-refractivity contribution >= 4 is 33.3 Å². The second-order valence-electron chi connectivity index (χ2n) is 7.27. The lowest BCUT2D eigenvalue weighted by molar-refractivity contribution is -0.135. The molecule has 150 valence electrons. The summed E-state index contributed by atoms with van der Waals surface area (Å²) in [4.78, 5) is 27.5. The minimum Gasteiger partial charge on any atom is -0.375 e. The first-order valence-corrected chi connectivity index (χ1v) is 10.4. The summed E-state index contributed by atoms with van der Waals surface area (Å²) in [5.74, 6) is -0.804. The van der Waals surface area contributed by atoms with Crippen molar-refractivity contribution in [3.8, 4) is 11.1 Å². The molecule has 1 atom stereocenters. The van der Waals surface area contributed by atoms with E-state index in [0.717, 1.165) is 15.6 Å². The minimum atomic E-state index is -1.91. The van der Waals surface area contributed by atoms with Crippen molar-refractivity contribution in [2.24, 2.45) is 0 Å². The molecule has 1 aliphatic heterocycles. The Bertz CT molecular complexity index is 1120. The van der Waals surface area contributed by atoms with Gasteiger partial charge >= 0.3 is 0 Å². The second-order valence-corrected chi connectivity index (χ2v) is 8.19.